The van der Waals surface area contributed by atoms with Crippen LogP contribution in [0.15, 0.2) is 18.2 Å². The van der Waals surface area contributed by atoms with Crippen LogP contribution in [0.25, 0.3) is 0 Å². The van der Waals surface area contributed by atoms with E-state index >= 15 is 0 Å². The molecule has 1 aromatic rings. The van der Waals surface area contributed by atoms with Crippen LogP contribution in [0, 0.1) is 17.3 Å². The number of ether oxygens (including phenoxy) is 2. The lowest BCUT2D eigenvalue weighted by molar-refractivity contribution is 0.0468. The Morgan fingerprint density at radius 1 is 1.45 bits per heavy atom. The maximum atomic E-state index is 10.0. The average molecular weight is 301 g/mol. The number of nitrogens with zero attached hydrogens (tertiary/aromatic N) is 1. The summed E-state index contributed by atoms with van der Waals surface area (Å²) in [4.78, 5) is 2.33. The Morgan fingerprint density at radius 3 is 3.05 bits per heavy atom. The van der Waals surface area contributed by atoms with Gasteiger partial charge >= 0.3 is 0 Å². The summed E-state index contributed by atoms with van der Waals surface area (Å²) < 4.78 is 11.2. The molecule has 1 saturated heterocycles. The molecular formula is C18H23NO3. The van der Waals surface area contributed by atoms with E-state index in [0.29, 0.717) is 6.61 Å². The molecular weight excluding hydrogens is 278 g/mol. The minimum Gasteiger partial charge on any atom is -0.497 e. The van der Waals surface area contributed by atoms with E-state index in [9.17, 15) is 5.11 Å². The number of aliphatic hydroxyl groups excluding tert-OH is 1. The van der Waals surface area contributed by atoms with E-state index in [2.05, 4.69) is 29.7 Å². The van der Waals surface area contributed by atoms with Crippen molar-refractivity contribution in [1.29, 1.82) is 0 Å². The Kier molecular flexibility index (Phi) is 4.28. The number of methoxy groups -OCH3 is 1. The molecule has 0 aromatic heterocycles. The first-order valence-corrected chi connectivity index (χ1v) is 7.82. The van der Waals surface area contributed by atoms with Gasteiger partial charge in [-0.1, -0.05) is 18.9 Å². The lowest BCUT2D eigenvalue weighted by Gasteiger charge is -2.38. The van der Waals surface area contributed by atoms with Crippen LogP contribution in [-0.2, 0) is 0 Å². The van der Waals surface area contributed by atoms with Crippen molar-refractivity contribution < 1.29 is 14.6 Å². The fourth-order valence-corrected chi connectivity index (χ4v) is 3.54. The summed E-state index contributed by atoms with van der Waals surface area (Å²) in [6.45, 7) is 5.26. The fraction of sp³-hybridized carbons (Fsp3) is 0.556. The molecule has 0 unspecified atom stereocenters. The van der Waals surface area contributed by atoms with Gasteiger partial charge in [-0.25, -0.2) is 0 Å². The van der Waals surface area contributed by atoms with Crippen molar-refractivity contribution in [1.82, 2.24) is 4.90 Å². The van der Waals surface area contributed by atoms with Gasteiger partial charge in [0, 0.05) is 36.9 Å². The second-order valence-electron chi connectivity index (χ2n) is 6.14. The molecule has 2 heterocycles. The highest BCUT2D eigenvalue weighted by Gasteiger charge is 2.50. The number of aliphatic hydroxyl groups is 1. The molecule has 0 bridgehead atoms. The van der Waals surface area contributed by atoms with E-state index in [-0.39, 0.29) is 17.9 Å². The van der Waals surface area contributed by atoms with Crippen molar-refractivity contribution in [2.24, 2.45) is 5.41 Å². The summed E-state index contributed by atoms with van der Waals surface area (Å²) in [5.74, 6) is 8.30. The van der Waals surface area contributed by atoms with Crippen LogP contribution < -0.4 is 9.47 Å². The first-order valence-electron chi connectivity index (χ1n) is 7.82. The van der Waals surface area contributed by atoms with E-state index in [0.717, 1.165) is 37.6 Å². The minimum absolute atomic E-state index is 0.140. The maximum Gasteiger partial charge on any atom is 0.126 e. The van der Waals surface area contributed by atoms with E-state index < -0.39 is 0 Å². The molecule has 1 N–H and O–H groups in total. The zero-order valence-electron chi connectivity index (χ0n) is 13.3. The van der Waals surface area contributed by atoms with Crippen molar-refractivity contribution in [2.75, 3.05) is 40.0 Å². The summed E-state index contributed by atoms with van der Waals surface area (Å²) in [6, 6.07) is 5.98. The second-order valence-corrected chi connectivity index (χ2v) is 6.14. The molecule has 0 spiro atoms. The third-order valence-corrected chi connectivity index (χ3v) is 4.75. The largest absolute Gasteiger partial charge is 0.497 e. The summed E-state index contributed by atoms with van der Waals surface area (Å²) >= 11 is 0. The molecule has 1 aromatic carbocycles. The Bertz CT molecular complexity index is 604. The van der Waals surface area contributed by atoms with Gasteiger partial charge in [0.05, 0.1) is 26.9 Å². The molecule has 4 nitrogen and oxygen atoms in total. The molecule has 22 heavy (non-hydrogen) atoms. The van der Waals surface area contributed by atoms with E-state index in [1.807, 2.05) is 12.1 Å². The molecule has 0 saturated carbocycles. The fourth-order valence-electron chi connectivity index (χ4n) is 3.54. The smallest absolute Gasteiger partial charge is 0.126 e. The highest BCUT2D eigenvalue weighted by molar-refractivity contribution is 5.46. The van der Waals surface area contributed by atoms with Crippen LogP contribution in [0.1, 0.15) is 24.8 Å². The molecule has 118 valence electrons. The van der Waals surface area contributed by atoms with Crippen LogP contribution in [0.3, 0.4) is 0 Å². The lowest BCUT2D eigenvalue weighted by Crippen LogP contribution is -2.42. The van der Waals surface area contributed by atoms with Gasteiger partial charge in [0.2, 0.25) is 0 Å². The summed E-state index contributed by atoms with van der Waals surface area (Å²) in [5.41, 5.74) is 0.960. The standard InChI is InChI=1S/C18H23NO3/c1-3-4-5-8-19-10-16-15-7-6-14(21-2)9-17(15)22-13-18(16,11-19)12-20/h6-7,9,16,20H,3,8,10-13H2,1-2H3/t16-,18-/m0/s1. The van der Waals surface area contributed by atoms with Crippen LogP contribution in [0.5, 0.6) is 11.5 Å². The molecule has 4 heteroatoms. The van der Waals surface area contributed by atoms with Gasteiger partial charge < -0.3 is 14.6 Å². The Labute approximate surface area is 132 Å². The first kappa shape index (κ1) is 15.2. The van der Waals surface area contributed by atoms with Gasteiger partial charge in [-0.3, -0.25) is 4.90 Å². The van der Waals surface area contributed by atoms with Crippen molar-refractivity contribution in [3.63, 3.8) is 0 Å². The third-order valence-electron chi connectivity index (χ3n) is 4.75. The van der Waals surface area contributed by atoms with E-state index in [4.69, 9.17) is 9.47 Å². The SMILES string of the molecule is CCC#CCN1C[C@H]2c3ccc(OC)cc3OC[C@@]2(CO)C1. The molecule has 1 fully saturated rings. The maximum absolute atomic E-state index is 10.0. The second kappa shape index (κ2) is 6.20. The Morgan fingerprint density at radius 2 is 2.32 bits per heavy atom. The topological polar surface area (TPSA) is 41.9 Å². The van der Waals surface area contributed by atoms with Crippen LogP contribution in [0.2, 0.25) is 0 Å². The molecule has 2 aliphatic heterocycles. The van der Waals surface area contributed by atoms with E-state index in [1.54, 1.807) is 7.11 Å². The van der Waals surface area contributed by atoms with Crippen LogP contribution >= 0.6 is 0 Å². The van der Waals surface area contributed by atoms with Crippen molar-refractivity contribution in [3.05, 3.63) is 23.8 Å². The van der Waals surface area contributed by atoms with Gasteiger partial charge in [-0.05, 0) is 11.6 Å². The molecule has 0 radical (unpaired) electrons. The number of rotatable bonds is 3. The Balaban J connectivity index is 1.87. The van der Waals surface area contributed by atoms with Crippen molar-refractivity contribution in [2.45, 2.75) is 19.3 Å². The van der Waals surface area contributed by atoms with E-state index in [1.165, 1.54) is 5.56 Å². The zero-order valence-corrected chi connectivity index (χ0v) is 13.3. The summed E-state index contributed by atoms with van der Waals surface area (Å²) in [7, 11) is 1.66. The predicted octanol–water partition coefficient (Wildman–Crippen LogP) is 1.88. The molecule has 2 aliphatic rings. The monoisotopic (exact) mass is 301 g/mol. The normalized spacial score (nSPS) is 26.4. The summed E-state index contributed by atoms with van der Waals surface area (Å²) in [5, 5.41) is 10.0. The molecule has 0 aliphatic carbocycles. The average Bonchev–Trinajstić information content (AvgIpc) is 2.94. The first-order chi connectivity index (χ1) is 10.7. The van der Waals surface area contributed by atoms with Gasteiger partial charge in [0.25, 0.3) is 0 Å². The number of fused-ring (bicyclic) bond motifs is 3. The number of likely N-dealkylation sites (tertiary alicyclic amines) is 1. The van der Waals surface area contributed by atoms with Crippen molar-refractivity contribution in [3.8, 4) is 23.3 Å². The number of benzene rings is 1. The third kappa shape index (κ3) is 2.55. The van der Waals surface area contributed by atoms with Gasteiger partial charge in [0.1, 0.15) is 11.5 Å². The van der Waals surface area contributed by atoms with Crippen molar-refractivity contribution >= 4 is 0 Å². The highest BCUT2D eigenvalue weighted by Crippen LogP contribution is 2.49. The Hall–Kier alpha value is -1.70. The van der Waals surface area contributed by atoms with Crippen LogP contribution in [-0.4, -0.2) is 50.0 Å². The van der Waals surface area contributed by atoms with Gasteiger partial charge in [-0.2, -0.15) is 0 Å². The predicted molar refractivity (Wildman–Crippen MR) is 85.3 cm³/mol. The number of hydrogen-bond donors (Lipinski definition) is 1. The lowest BCUT2D eigenvalue weighted by atomic mass is 9.74. The van der Waals surface area contributed by atoms with Gasteiger partial charge in [-0.15, -0.1) is 5.92 Å². The molecule has 2 atom stereocenters. The highest BCUT2D eigenvalue weighted by atomic mass is 16.5. The summed E-state index contributed by atoms with van der Waals surface area (Å²) in [6.07, 6.45) is 0.883. The zero-order chi connectivity index (χ0) is 15.6. The number of hydrogen-bond acceptors (Lipinski definition) is 4. The molecule has 3 rings (SSSR count). The van der Waals surface area contributed by atoms with Gasteiger partial charge in [0.15, 0.2) is 0 Å². The molecule has 0 amide bonds. The van der Waals surface area contributed by atoms with Crippen LogP contribution in [0.4, 0.5) is 0 Å². The quantitative estimate of drug-likeness (QED) is 0.866. The minimum atomic E-state index is -0.213.